The van der Waals surface area contributed by atoms with E-state index in [-0.39, 0.29) is 43.7 Å². The first kappa shape index (κ1) is 30.9. The number of amides is 2. The number of aliphatic imine (C=N–C) groups is 1. The minimum absolute atomic E-state index is 0.0710. The molecule has 0 saturated carbocycles. The Labute approximate surface area is 266 Å². The first-order chi connectivity index (χ1) is 21.7. The van der Waals surface area contributed by atoms with E-state index in [1.54, 1.807) is 25.3 Å². The summed E-state index contributed by atoms with van der Waals surface area (Å²) in [5.41, 5.74) is 12.0. The number of nitrogens with one attached hydrogen (secondary N) is 5. The topological polar surface area (TPSA) is 160 Å². The lowest BCUT2D eigenvalue weighted by atomic mass is 9.80. The van der Waals surface area contributed by atoms with Gasteiger partial charge in [-0.05, 0) is 54.3 Å². The van der Waals surface area contributed by atoms with Crippen LogP contribution in [0.4, 0.5) is 11.4 Å². The smallest absolute Gasteiger partial charge is 0.488 e. The van der Waals surface area contributed by atoms with Gasteiger partial charge in [-0.1, -0.05) is 35.9 Å². The Morgan fingerprint density at radius 3 is 2.60 bits per heavy atom. The molecular formula is C31H35BClN7O5. The number of fused-ring (bicyclic) bond motifs is 4. The van der Waals surface area contributed by atoms with Gasteiger partial charge in [0.1, 0.15) is 18.0 Å². The number of benzene rings is 3. The van der Waals surface area contributed by atoms with Gasteiger partial charge < -0.3 is 35.6 Å². The van der Waals surface area contributed by atoms with Crippen molar-refractivity contribution in [1.82, 2.24) is 21.5 Å². The summed E-state index contributed by atoms with van der Waals surface area (Å²) in [5, 5.41) is 28.4. The molecule has 3 aromatic rings. The second-order valence-electron chi connectivity index (χ2n) is 11.3. The van der Waals surface area contributed by atoms with Gasteiger partial charge in [0.2, 0.25) is 11.8 Å². The summed E-state index contributed by atoms with van der Waals surface area (Å²) >= 11 is 6.19. The molecule has 234 valence electrons. The minimum Gasteiger partial charge on any atom is -0.497 e. The van der Waals surface area contributed by atoms with Crippen LogP contribution in [-0.4, -0.2) is 79.3 Å². The van der Waals surface area contributed by atoms with Crippen molar-refractivity contribution in [3.05, 3.63) is 82.4 Å². The van der Waals surface area contributed by atoms with E-state index in [1.807, 2.05) is 49.4 Å². The van der Waals surface area contributed by atoms with E-state index in [0.29, 0.717) is 28.3 Å². The first-order valence-electron chi connectivity index (χ1n) is 14.8. The van der Waals surface area contributed by atoms with E-state index in [2.05, 4.69) is 31.7 Å². The van der Waals surface area contributed by atoms with Crippen LogP contribution in [0.1, 0.15) is 30.0 Å². The zero-order valence-corrected chi connectivity index (χ0v) is 25.6. The van der Waals surface area contributed by atoms with Gasteiger partial charge in [0, 0.05) is 47.0 Å². The standard InChI is InChI=1S/C31H35BClN7O5/c1-17-38-39-30-25(37-29(18-4-7-21(33)8-5-18)23-15-22(45-2)9-10-27(23)40(17)30)16-28(41)34-11-12-35-31(42)26-13-19-3-6-20(32(43)44)14-24(19)36-26/h3-10,14-15,17,25-26,30,36,38-39,43-44H,11-13,16H2,1-2H3,(H,34,41)(H,35,42). The van der Waals surface area contributed by atoms with Crippen molar-refractivity contribution < 1.29 is 24.4 Å². The first-order valence-corrected chi connectivity index (χ1v) is 15.2. The number of ether oxygens (including phenoxy) is 1. The van der Waals surface area contributed by atoms with Gasteiger partial charge in [-0.15, -0.1) is 0 Å². The Morgan fingerprint density at radius 1 is 1.07 bits per heavy atom. The van der Waals surface area contributed by atoms with Crippen LogP contribution in [0.25, 0.3) is 0 Å². The van der Waals surface area contributed by atoms with Crippen molar-refractivity contribution >= 4 is 53.1 Å². The third kappa shape index (κ3) is 6.49. The van der Waals surface area contributed by atoms with Crippen molar-refractivity contribution in [3.8, 4) is 5.75 Å². The van der Waals surface area contributed by atoms with Crippen LogP contribution < -0.4 is 41.9 Å². The monoisotopic (exact) mass is 631 g/mol. The molecule has 1 fully saturated rings. The zero-order valence-electron chi connectivity index (χ0n) is 24.9. The van der Waals surface area contributed by atoms with E-state index in [0.717, 1.165) is 28.1 Å². The lowest BCUT2D eigenvalue weighted by Crippen LogP contribution is -2.48. The number of rotatable bonds is 9. The molecule has 0 radical (unpaired) electrons. The highest BCUT2D eigenvalue weighted by atomic mass is 35.5. The Balaban J connectivity index is 1.12. The van der Waals surface area contributed by atoms with E-state index < -0.39 is 19.2 Å². The SMILES string of the molecule is COc1ccc2c(c1)C(c1ccc(Cl)cc1)=NC(CC(=O)NCCNC(=O)C1Cc3ccc(B(O)O)cc3N1)C1NNC(C)N21. The Hall–Kier alpha value is -4.14. The Bertz CT molecular complexity index is 1620. The molecule has 7 N–H and O–H groups in total. The molecule has 3 aromatic carbocycles. The highest BCUT2D eigenvalue weighted by Gasteiger charge is 2.41. The maximum Gasteiger partial charge on any atom is 0.488 e. The summed E-state index contributed by atoms with van der Waals surface area (Å²) in [4.78, 5) is 33.4. The maximum atomic E-state index is 13.2. The fourth-order valence-electron chi connectivity index (χ4n) is 6.04. The lowest BCUT2D eigenvalue weighted by Gasteiger charge is -2.31. The van der Waals surface area contributed by atoms with Crippen molar-refractivity contribution in [2.24, 2.45) is 4.99 Å². The molecule has 1 saturated heterocycles. The normalized spacial score (nSPS) is 21.4. The number of nitrogens with zero attached hydrogens (tertiary/aromatic N) is 2. The molecule has 0 bridgehead atoms. The van der Waals surface area contributed by atoms with Crippen LogP contribution in [0.15, 0.2) is 65.7 Å². The number of carbonyl (C=O) groups is 2. The Kier molecular flexibility index (Phi) is 8.97. The molecule has 45 heavy (non-hydrogen) atoms. The van der Waals surface area contributed by atoms with E-state index in [4.69, 9.17) is 21.3 Å². The summed E-state index contributed by atoms with van der Waals surface area (Å²) in [6.45, 7) is 2.54. The van der Waals surface area contributed by atoms with Gasteiger partial charge in [0.15, 0.2) is 0 Å². The Morgan fingerprint density at radius 2 is 1.84 bits per heavy atom. The number of halogens is 1. The predicted octanol–water partition coefficient (Wildman–Crippen LogP) is 0.494. The van der Waals surface area contributed by atoms with E-state index >= 15 is 0 Å². The molecule has 0 spiro atoms. The van der Waals surface area contributed by atoms with Crippen LogP contribution >= 0.6 is 11.6 Å². The highest BCUT2D eigenvalue weighted by molar-refractivity contribution is 6.58. The molecule has 6 rings (SSSR count). The second kappa shape index (κ2) is 13.1. The highest BCUT2D eigenvalue weighted by Crippen LogP contribution is 2.36. The van der Waals surface area contributed by atoms with Gasteiger partial charge >= 0.3 is 7.12 Å². The molecule has 14 heteroatoms. The van der Waals surface area contributed by atoms with Crippen LogP contribution in [-0.2, 0) is 16.0 Å². The second-order valence-corrected chi connectivity index (χ2v) is 11.7. The number of methoxy groups -OCH3 is 1. The molecule has 0 aliphatic carbocycles. The summed E-state index contributed by atoms with van der Waals surface area (Å²) in [6.07, 6.45) is 0.219. The molecule has 0 aromatic heterocycles. The van der Waals surface area contributed by atoms with Gasteiger partial charge in [0.05, 0.1) is 31.4 Å². The van der Waals surface area contributed by atoms with Crippen LogP contribution in [0.2, 0.25) is 5.02 Å². The van der Waals surface area contributed by atoms with Crippen molar-refractivity contribution in [1.29, 1.82) is 0 Å². The van der Waals surface area contributed by atoms with Crippen LogP contribution in [0.5, 0.6) is 5.75 Å². The average molecular weight is 632 g/mol. The quantitative estimate of drug-likeness (QED) is 0.132. The number of hydrazine groups is 1. The van der Waals surface area contributed by atoms with E-state index in [1.165, 1.54) is 0 Å². The number of carbonyl (C=O) groups excluding carboxylic acids is 2. The molecule has 4 atom stereocenters. The lowest BCUT2D eigenvalue weighted by molar-refractivity contribution is -0.123. The number of hydrogen-bond donors (Lipinski definition) is 7. The summed E-state index contributed by atoms with van der Waals surface area (Å²) in [5.74, 6) is 0.301. The van der Waals surface area contributed by atoms with E-state index in [9.17, 15) is 19.6 Å². The fraction of sp³-hybridized carbons (Fsp3) is 0.323. The molecule has 3 aliphatic rings. The predicted molar refractivity (Wildman–Crippen MR) is 174 cm³/mol. The van der Waals surface area contributed by atoms with Crippen molar-refractivity contribution in [3.63, 3.8) is 0 Å². The van der Waals surface area contributed by atoms with Crippen LogP contribution in [0, 0.1) is 0 Å². The van der Waals surface area contributed by atoms with Crippen LogP contribution in [0.3, 0.4) is 0 Å². The third-order valence-electron chi connectivity index (χ3n) is 8.31. The molecule has 2 amide bonds. The zero-order chi connectivity index (χ0) is 31.7. The molecule has 4 unspecified atom stereocenters. The number of anilines is 2. The molecule has 3 aliphatic heterocycles. The van der Waals surface area contributed by atoms with Gasteiger partial charge in [-0.2, -0.15) is 0 Å². The summed E-state index contributed by atoms with van der Waals surface area (Å²) < 4.78 is 5.55. The fourth-order valence-corrected chi connectivity index (χ4v) is 6.17. The summed E-state index contributed by atoms with van der Waals surface area (Å²) in [6, 6.07) is 17.5. The summed E-state index contributed by atoms with van der Waals surface area (Å²) in [7, 11) is 0.0489. The van der Waals surface area contributed by atoms with Gasteiger partial charge in [-0.25, -0.2) is 10.9 Å². The third-order valence-corrected chi connectivity index (χ3v) is 8.57. The van der Waals surface area contributed by atoms with Crippen molar-refractivity contribution in [2.75, 3.05) is 30.4 Å². The maximum absolute atomic E-state index is 13.2. The number of hydrogen-bond acceptors (Lipinski definition) is 10. The molecule has 3 heterocycles. The molecular weight excluding hydrogens is 597 g/mol. The largest absolute Gasteiger partial charge is 0.497 e. The molecule has 12 nitrogen and oxygen atoms in total. The van der Waals surface area contributed by atoms with Gasteiger partial charge in [-0.3, -0.25) is 14.6 Å². The van der Waals surface area contributed by atoms with Gasteiger partial charge in [0.25, 0.3) is 0 Å². The van der Waals surface area contributed by atoms with Crippen molar-refractivity contribution in [2.45, 2.75) is 44.2 Å². The minimum atomic E-state index is -1.58. The average Bonchev–Trinajstić information content (AvgIpc) is 3.61.